The second kappa shape index (κ2) is 5.54. The van der Waals surface area contributed by atoms with Gasteiger partial charge in [0.1, 0.15) is 5.82 Å². The monoisotopic (exact) mass is 309 g/mol. The molecule has 0 aliphatic carbocycles. The van der Waals surface area contributed by atoms with Crippen molar-refractivity contribution in [1.82, 2.24) is 0 Å². The average molecular weight is 310 g/mol. The van der Waals surface area contributed by atoms with Crippen LogP contribution in [0.15, 0.2) is 17.0 Å². The van der Waals surface area contributed by atoms with Crippen LogP contribution < -0.4 is 5.73 Å². The third-order valence-electron chi connectivity index (χ3n) is 2.21. The Morgan fingerprint density at radius 2 is 1.95 bits per heavy atom. The van der Waals surface area contributed by atoms with E-state index in [1.807, 2.05) is 0 Å². The molecule has 0 radical (unpaired) electrons. The number of aromatic carboxylic acids is 1. The third-order valence-corrected chi connectivity index (χ3v) is 4.29. The molecular weight excluding hydrogens is 301 g/mol. The van der Waals surface area contributed by atoms with Crippen LogP contribution in [-0.2, 0) is 14.6 Å². The normalized spacial score (nSPS) is 11.3. The van der Waals surface area contributed by atoms with Gasteiger partial charge in [-0.25, -0.2) is 17.6 Å². The van der Waals surface area contributed by atoms with Crippen molar-refractivity contribution in [1.29, 1.82) is 0 Å². The lowest BCUT2D eigenvalue weighted by atomic mass is 10.2. The highest BCUT2D eigenvalue weighted by Gasteiger charge is 2.22. The molecule has 0 aliphatic heterocycles. The van der Waals surface area contributed by atoms with Gasteiger partial charge in [0.05, 0.1) is 21.2 Å². The first-order valence-corrected chi connectivity index (χ1v) is 6.91. The van der Waals surface area contributed by atoms with Gasteiger partial charge in [-0.1, -0.05) is 11.6 Å². The molecule has 9 heteroatoms. The molecule has 1 amide bonds. The van der Waals surface area contributed by atoms with Crippen LogP contribution in [0.3, 0.4) is 0 Å². The minimum atomic E-state index is -4.01. The fourth-order valence-corrected chi connectivity index (χ4v) is 2.73. The highest BCUT2D eigenvalue weighted by atomic mass is 35.5. The van der Waals surface area contributed by atoms with Gasteiger partial charge in [-0.3, -0.25) is 4.79 Å². The second-order valence-electron chi connectivity index (χ2n) is 3.61. The molecule has 19 heavy (non-hydrogen) atoms. The van der Waals surface area contributed by atoms with Crippen LogP contribution in [0, 0.1) is 5.82 Å². The maximum Gasteiger partial charge on any atom is 0.337 e. The van der Waals surface area contributed by atoms with Gasteiger partial charge in [0.2, 0.25) is 5.91 Å². The predicted octanol–water partition coefficient (Wildman–Crippen LogP) is 0.826. The Balaban J connectivity index is 3.28. The summed E-state index contributed by atoms with van der Waals surface area (Å²) >= 11 is 5.41. The Bertz CT molecular complexity index is 644. The van der Waals surface area contributed by atoms with Crippen LogP contribution >= 0.6 is 11.6 Å². The summed E-state index contributed by atoms with van der Waals surface area (Å²) in [4.78, 5) is 20.8. The van der Waals surface area contributed by atoms with Gasteiger partial charge in [-0.05, 0) is 12.1 Å². The van der Waals surface area contributed by atoms with Gasteiger partial charge in [-0.15, -0.1) is 0 Å². The van der Waals surface area contributed by atoms with Crippen molar-refractivity contribution in [3.05, 3.63) is 28.5 Å². The van der Waals surface area contributed by atoms with Gasteiger partial charge in [0.15, 0.2) is 9.84 Å². The van der Waals surface area contributed by atoms with Crippen LogP contribution in [0.1, 0.15) is 16.8 Å². The van der Waals surface area contributed by atoms with Gasteiger partial charge in [-0.2, -0.15) is 0 Å². The summed E-state index contributed by atoms with van der Waals surface area (Å²) in [7, 11) is -4.01. The highest BCUT2D eigenvalue weighted by Crippen LogP contribution is 2.25. The second-order valence-corrected chi connectivity index (χ2v) is 6.09. The lowest BCUT2D eigenvalue weighted by Gasteiger charge is -2.07. The molecule has 1 aromatic carbocycles. The van der Waals surface area contributed by atoms with E-state index in [4.69, 9.17) is 22.4 Å². The van der Waals surface area contributed by atoms with Crippen LogP contribution in [0.4, 0.5) is 4.39 Å². The van der Waals surface area contributed by atoms with E-state index in [-0.39, 0.29) is 0 Å². The maximum atomic E-state index is 13.4. The first kappa shape index (κ1) is 15.4. The number of sulfone groups is 1. The zero-order valence-electron chi connectivity index (χ0n) is 9.39. The summed E-state index contributed by atoms with van der Waals surface area (Å²) in [6.07, 6.45) is -0.449. The fraction of sp³-hybridized carbons (Fsp3) is 0.200. The molecule has 0 unspecified atom stereocenters. The van der Waals surface area contributed by atoms with Crippen LogP contribution in [-0.4, -0.2) is 31.2 Å². The molecule has 3 N–H and O–H groups in total. The molecule has 0 saturated carbocycles. The van der Waals surface area contributed by atoms with Crippen molar-refractivity contribution >= 4 is 33.3 Å². The zero-order valence-corrected chi connectivity index (χ0v) is 11.0. The molecule has 0 aliphatic rings. The molecule has 0 heterocycles. The van der Waals surface area contributed by atoms with Crippen LogP contribution in [0.2, 0.25) is 5.02 Å². The summed E-state index contributed by atoms with van der Waals surface area (Å²) in [5.74, 6) is -4.20. The number of nitrogens with two attached hydrogens (primary N) is 1. The number of carboxylic acids is 1. The molecule has 0 fully saturated rings. The number of primary amides is 1. The summed E-state index contributed by atoms with van der Waals surface area (Å²) < 4.78 is 36.9. The molecule has 0 spiro atoms. The maximum absolute atomic E-state index is 13.4. The van der Waals surface area contributed by atoms with Gasteiger partial charge in [0.25, 0.3) is 0 Å². The average Bonchev–Trinajstić information content (AvgIpc) is 2.29. The summed E-state index contributed by atoms with van der Waals surface area (Å²) in [5.41, 5.74) is 4.15. The first-order valence-electron chi connectivity index (χ1n) is 4.88. The molecule has 0 atom stereocenters. The Hall–Kier alpha value is -1.67. The van der Waals surface area contributed by atoms with Crippen molar-refractivity contribution in [2.75, 3.05) is 5.75 Å². The molecular formula is C10H9ClFNO5S. The largest absolute Gasteiger partial charge is 0.478 e. The van der Waals surface area contributed by atoms with Gasteiger partial charge >= 0.3 is 5.97 Å². The number of benzene rings is 1. The summed E-state index contributed by atoms with van der Waals surface area (Å²) in [6.45, 7) is 0. The van der Waals surface area contributed by atoms with Crippen molar-refractivity contribution in [3.8, 4) is 0 Å². The minimum Gasteiger partial charge on any atom is -0.478 e. The van der Waals surface area contributed by atoms with E-state index >= 15 is 0 Å². The Kier molecular flexibility index (Phi) is 4.48. The number of hydrogen-bond donors (Lipinski definition) is 2. The molecule has 0 bridgehead atoms. The number of rotatable bonds is 5. The van der Waals surface area contributed by atoms with E-state index < -0.39 is 55.2 Å². The standard InChI is InChI=1S/C10H9ClFNO5S/c11-9-6(10(15)16)3-5(4-7(9)12)19(17,18)2-1-8(13)14/h3-4H,1-2H2,(H2,13,14)(H,15,16). The number of carbonyl (C=O) groups is 2. The van der Waals surface area contributed by atoms with E-state index in [0.717, 1.165) is 6.07 Å². The predicted molar refractivity (Wildman–Crippen MR) is 64.2 cm³/mol. The van der Waals surface area contributed by atoms with E-state index in [1.165, 1.54) is 0 Å². The SMILES string of the molecule is NC(=O)CCS(=O)(=O)c1cc(F)c(Cl)c(C(=O)O)c1. The van der Waals surface area contributed by atoms with Crippen molar-refractivity contribution in [2.24, 2.45) is 5.73 Å². The van der Waals surface area contributed by atoms with Crippen molar-refractivity contribution in [2.45, 2.75) is 11.3 Å². The molecule has 0 saturated heterocycles. The Morgan fingerprint density at radius 1 is 1.37 bits per heavy atom. The topological polar surface area (TPSA) is 115 Å². The molecule has 6 nitrogen and oxygen atoms in total. The third kappa shape index (κ3) is 3.65. The quantitative estimate of drug-likeness (QED) is 0.836. The number of hydrogen-bond acceptors (Lipinski definition) is 4. The molecule has 1 rings (SSSR count). The zero-order chi connectivity index (χ0) is 14.8. The van der Waals surface area contributed by atoms with E-state index in [0.29, 0.717) is 6.07 Å². The van der Waals surface area contributed by atoms with E-state index in [2.05, 4.69) is 0 Å². The lowest BCUT2D eigenvalue weighted by Crippen LogP contribution is -2.17. The highest BCUT2D eigenvalue weighted by molar-refractivity contribution is 7.91. The first-order chi connectivity index (χ1) is 8.65. The number of halogens is 2. The summed E-state index contributed by atoms with van der Waals surface area (Å²) in [6, 6.07) is 1.34. The molecule has 1 aromatic rings. The molecule has 0 aromatic heterocycles. The van der Waals surface area contributed by atoms with E-state index in [9.17, 15) is 22.4 Å². The number of amides is 1. The van der Waals surface area contributed by atoms with Crippen LogP contribution in [0.25, 0.3) is 0 Å². The van der Waals surface area contributed by atoms with Crippen molar-refractivity contribution < 1.29 is 27.5 Å². The fourth-order valence-electron chi connectivity index (χ4n) is 1.25. The number of carboxylic acid groups (broad SMARTS) is 1. The number of carbonyl (C=O) groups excluding carboxylic acids is 1. The Labute approximate surface area is 112 Å². The van der Waals surface area contributed by atoms with Crippen molar-refractivity contribution in [3.63, 3.8) is 0 Å². The smallest absolute Gasteiger partial charge is 0.337 e. The van der Waals surface area contributed by atoms with Crippen LogP contribution in [0.5, 0.6) is 0 Å². The van der Waals surface area contributed by atoms with Gasteiger partial charge in [0, 0.05) is 6.42 Å². The summed E-state index contributed by atoms with van der Waals surface area (Å²) in [5, 5.41) is 8.10. The Morgan fingerprint density at radius 3 is 2.42 bits per heavy atom. The van der Waals surface area contributed by atoms with Gasteiger partial charge < -0.3 is 10.8 Å². The minimum absolute atomic E-state index is 0.449. The van der Waals surface area contributed by atoms with E-state index in [1.54, 1.807) is 0 Å². The molecule has 104 valence electrons. The lowest BCUT2D eigenvalue weighted by molar-refractivity contribution is -0.117.